The zero-order valence-corrected chi connectivity index (χ0v) is 11.3. The van der Waals surface area contributed by atoms with Gasteiger partial charge in [0.05, 0.1) is 11.5 Å². The van der Waals surface area contributed by atoms with E-state index in [1.54, 1.807) is 18.2 Å². The van der Waals surface area contributed by atoms with Gasteiger partial charge >= 0.3 is 0 Å². The number of aromatic nitrogens is 1. The molecule has 3 rings (SSSR count). The SMILES string of the molecule is O=[N+]([O-])c1cccc2c(NCC3(O)CCOC3)ccnc12. The standard InChI is InChI=1S/C14H15N3O4/c18-14(5-7-21-9-14)8-16-11-4-6-15-13-10(11)2-1-3-12(13)17(19)20/h1-4,6,18H,5,7-9H2,(H,15,16). The lowest BCUT2D eigenvalue weighted by Gasteiger charge is -2.21. The van der Waals surface area contributed by atoms with Crippen molar-refractivity contribution in [2.45, 2.75) is 12.0 Å². The Morgan fingerprint density at radius 1 is 1.48 bits per heavy atom. The first-order chi connectivity index (χ1) is 10.1. The van der Waals surface area contributed by atoms with Crippen molar-refractivity contribution in [1.82, 2.24) is 4.98 Å². The molecule has 1 atom stereocenters. The molecule has 2 heterocycles. The highest BCUT2D eigenvalue weighted by atomic mass is 16.6. The van der Waals surface area contributed by atoms with Crippen LogP contribution in [0.5, 0.6) is 0 Å². The number of nitrogens with one attached hydrogen (secondary N) is 1. The van der Waals surface area contributed by atoms with Gasteiger partial charge in [0.15, 0.2) is 0 Å². The third-order valence-electron chi connectivity index (χ3n) is 3.64. The summed E-state index contributed by atoms with van der Waals surface area (Å²) in [7, 11) is 0. The molecule has 110 valence electrons. The summed E-state index contributed by atoms with van der Waals surface area (Å²) in [5.41, 5.74) is 0.126. The van der Waals surface area contributed by atoms with Crippen LogP contribution < -0.4 is 5.32 Å². The molecule has 0 spiro atoms. The lowest BCUT2D eigenvalue weighted by Crippen LogP contribution is -2.37. The molecular formula is C14H15N3O4. The number of benzene rings is 1. The second-order valence-electron chi connectivity index (χ2n) is 5.17. The number of anilines is 1. The van der Waals surface area contributed by atoms with Crippen LogP contribution in [0.25, 0.3) is 10.9 Å². The highest BCUT2D eigenvalue weighted by Gasteiger charge is 2.32. The lowest BCUT2D eigenvalue weighted by molar-refractivity contribution is -0.383. The fraction of sp³-hybridized carbons (Fsp3) is 0.357. The largest absolute Gasteiger partial charge is 0.386 e. The van der Waals surface area contributed by atoms with Crippen molar-refractivity contribution in [2.24, 2.45) is 0 Å². The highest BCUT2D eigenvalue weighted by Crippen LogP contribution is 2.29. The van der Waals surface area contributed by atoms with Gasteiger partial charge < -0.3 is 15.2 Å². The molecule has 21 heavy (non-hydrogen) atoms. The highest BCUT2D eigenvalue weighted by molar-refractivity contribution is 5.96. The van der Waals surface area contributed by atoms with E-state index in [0.717, 1.165) is 0 Å². The molecular weight excluding hydrogens is 274 g/mol. The molecule has 7 heteroatoms. The molecule has 1 aliphatic rings. The topological polar surface area (TPSA) is 97.5 Å². The van der Waals surface area contributed by atoms with E-state index in [9.17, 15) is 15.2 Å². The lowest BCUT2D eigenvalue weighted by atomic mass is 10.0. The Kier molecular flexibility index (Phi) is 3.44. The zero-order chi connectivity index (χ0) is 14.9. The maximum absolute atomic E-state index is 11.0. The van der Waals surface area contributed by atoms with Crippen molar-refractivity contribution in [3.05, 3.63) is 40.6 Å². The van der Waals surface area contributed by atoms with E-state index in [4.69, 9.17) is 4.74 Å². The van der Waals surface area contributed by atoms with Crippen LogP contribution in [0.15, 0.2) is 30.5 Å². The van der Waals surface area contributed by atoms with Gasteiger partial charge in [-0.15, -0.1) is 0 Å². The van der Waals surface area contributed by atoms with Crippen LogP contribution in [-0.2, 0) is 4.74 Å². The maximum atomic E-state index is 11.0. The zero-order valence-electron chi connectivity index (χ0n) is 11.3. The van der Waals surface area contributed by atoms with Gasteiger partial charge in [0.1, 0.15) is 11.1 Å². The third-order valence-corrected chi connectivity index (χ3v) is 3.64. The minimum atomic E-state index is -0.893. The number of rotatable bonds is 4. The average Bonchev–Trinajstić information content (AvgIpc) is 2.91. The smallest absolute Gasteiger partial charge is 0.295 e. The molecule has 0 aliphatic carbocycles. The molecule has 1 aromatic heterocycles. The number of hydrogen-bond donors (Lipinski definition) is 2. The molecule has 0 radical (unpaired) electrons. The number of nitrogens with zero attached hydrogens (tertiary/aromatic N) is 2. The summed E-state index contributed by atoms with van der Waals surface area (Å²) in [4.78, 5) is 14.7. The number of para-hydroxylation sites is 1. The Hall–Kier alpha value is -2.25. The molecule has 0 saturated carbocycles. The number of non-ortho nitro benzene ring substituents is 1. The van der Waals surface area contributed by atoms with Gasteiger partial charge in [-0.25, -0.2) is 4.98 Å². The van der Waals surface area contributed by atoms with Crippen molar-refractivity contribution >= 4 is 22.3 Å². The molecule has 1 saturated heterocycles. The van der Waals surface area contributed by atoms with Crippen molar-refractivity contribution in [3.63, 3.8) is 0 Å². The second kappa shape index (κ2) is 5.27. The molecule has 7 nitrogen and oxygen atoms in total. The molecule has 0 bridgehead atoms. The van der Waals surface area contributed by atoms with Crippen LogP contribution in [0.3, 0.4) is 0 Å². The fourth-order valence-corrected chi connectivity index (χ4v) is 2.46. The van der Waals surface area contributed by atoms with E-state index in [1.807, 2.05) is 0 Å². The average molecular weight is 289 g/mol. The van der Waals surface area contributed by atoms with Gasteiger partial charge in [0, 0.05) is 42.9 Å². The summed E-state index contributed by atoms with van der Waals surface area (Å²) in [5.74, 6) is 0. The quantitative estimate of drug-likeness (QED) is 0.657. The van der Waals surface area contributed by atoms with Crippen molar-refractivity contribution < 1.29 is 14.8 Å². The van der Waals surface area contributed by atoms with Gasteiger partial charge in [0.25, 0.3) is 5.69 Å². The van der Waals surface area contributed by atoms with Crippen molar-refractivity contribution in [1.29, 1.82) is 0 Å². The first-order valence-corrected chi connectivity index (χ1v) is 6.65. The van der Waals surface area contributed by atoms with E-state index in [2.05, 4.69) is 10.3 Å². The molecule has 2 aromatic rings. The fourth-order valence-electron chi connectivity index (χ4n) is 2.46. The maximum Gasteiger partial charge on any atom is 0.295 e. The van der Waals surface area contributed by atoms with Gasteiger partial charge in [-0.2, -0.15) is 0 Å². The first-order valence-electron chi connectivity index (χ1n) is 6.65. The number of pyridine rings is 1. The molecule has 1 unspecified atom stereocenters. The first kappa shape index (κ1) is 13.7. The molecule has 1 aliphatic heterocycles. The number of nitro benzene ring substituents is 1. The van der Waals surface area contributed by atoms with Crippen LogP contribution in [0.1, 0.15) is 6.42 Å². The van der Waals surface area contributed by atoms with Gasteiger partial charge in [-0.1, -0.05) is 12.1 Å². The Morgan fingerprint density at radius 2 is 2.33 bits per heavy atom. The predicted molar refractivity (Wildman–Crippen MR) is 77.3 cm³/mol. The van der Waals surface area contributed by atoms with Gasteiger partial charge in [-0.05, 0) is 6.07 Å². The summed E-state index contributed by atoms with van der Waals surface area (Å²) in [6, 6.07) is 6.57. The van der Waals surface area contributed by atoms with E-state index in [-0.39, 0.29) is 5.69 Å². The van der Waals surface area contributed by atoms with Crippen molar-refractivity contribution in [2.75, 3.05) is 25.1 Å². The van der Waals surface area contributed by atoms with E-state index < -0.39 is 10.5 Å². The van der Waals surface area contributed by atoms with E-state index in [1.165, 1.54) is 12.3 Å². The van der Waals surface area contributed by atoms with Crippen LogP contribution in [0.2, 0.25) is 0 Å². The number of ether oxygens (including phenoxy) is 1. The normalized spacial score (nSPS) is 21.6. The number of fused-ring (bicyclic) bond motifs is 1. The number of nitro groups is 1. The monoisotopic (exact) mass is 289 g/mol. The third kappa shape index (κ3) is 2.65. The summed E-state index contributed by atoms with van der Waals surface area (Å²) in [6.07, 6.45) is 2.09. The van der Waals surface area contributed by atoms with Gasteiger partial charge in [-0.3, -0.25) is 10.1 Å². The summed E-state index contributed by atoms with van der Waals surface area (Å²) >= 11 is 0. The molecule has 0 amide bonds. The van der Waals surface area contributed by atoms with Crippen LogP contribution in [0.4, 0.5) is 11.4 Å². The minimum absolute atomic E-state index is 0.0286. The van der Waals surface area contributed by atoms with E-state index >= 15 is 0 Å². The number of hydrogen-bond acceptors (Lipinski definition) is 6. The summed E-state index contributed by atoms with van der Waals surface area (Å²) in [5, 5.41) is 25.1. The molecule has 1 aromatic carbocycles. The Morgan fingerprint density at radius 3 is 3.05 bits per heavy atom. The Labute approximate surface area is 120 Å². The molecule has 1 fully saturated rings. The van der Waals surface area contributed by atoms with Crippen molar-refractivity contribution in [3.8, 4) is 0 Å². The summed E-state index contributed by atoms with van der Waals surface area (Å²) < 4.78 is 5.19. The summed E-state index contributed by atoms with van der Waals surface area (Å²) in [6.45, 7) is 1.17. The minimum Gasteiger partial charge on any atom is -0.386 e. The molecule has 2 N–H and O–H groups in total. The predicted octanol–water partition coefficient (Wildman–Crippen LogP) is 1.71. The Balaban J connectivity index is 1.92. The van der Waals surface area contributed by atoms with Crippen LogP contribution in [-0.4, -0.2) is 40.4 Å². The van der Waals surface area contributed by atoms with Crippen LogP contribution >= 0.6 is 0 Å². The Bertz CT molecular complexity index is 683. The number of aliphatic hydroxyl groups is 1. The van der Waals surface area contributed by atoms with E-state index in [0.29, 0.717) is 42.8 Å². The van der Waals surface area contributed by atoms with Crippen LogP contribution in [0, 0.1) is 10.1 Å². The van der Waals surface area contributed by atoms with Gasteiger partial charge in [0.2, 0.25) is 0 Å². The second-order valence-corrected chi connectivity index (χ2v) is 5.17.